The van der Waals surface area contributed by atoms with Crippen LogP contribution in [-0.4, -0.2) is 34.9 Å². The Balaban J connectivity index is 2.07. The van der Waals surface area contributed by atoms with Crippen molar-refractivity contribution in [3.8, 4) is 5.75 Å². The third kappa shape index (κ3) is 4.69. The van der Waals surface area contributed by atoms with Gasteiger partial charge in [0.05, 0.1) is 0 Å². The molecule has 0 radical (unpaired) electrons. The highest BCUT2D eigenvalue weighted by molar-refractivity contribution is 6.03. The SMILES string of the molecule is CCNC(=O)c1nnc(NC(=O)c2cccc(OC(F)(F)F)c2)o1. The molecule has 0 saturated carbocycles. The first kappa shape index (κ1) is 17.2. The molecule has 0 bridgehead atoms. The molecular formula is C13H11F3N4O4. The van der Waals surface area contributed by atoms with Crippen molar-refractivity contribution < 1.29 is 31.9 Å². The first-order chi connectivity index (χ1) is 11.3. The van der Waals surface area contributed by atoms with E-state index >= 15 is 0 Å². The maximum absolute atomic E-state index is 12.2. The molecule has 0 unspecified atom stereocenters. The highest BCUT2D eigenvalue weighted by Gasteiger charge is 2.31. The van der Waals surface area contributed by atoms with Gasteiger partial charge in [-0.05, 0) is 25.1 Å². The molecule has 0 spiro atoms. The minimum absolute atomic E-state index is 0.130. The zero-order valence-electron chi connectivity index (χ0n) is 12.2. The topological polar surface area (TPSA) is 106 Å². The average molecular weight is 344 g/mol. The van der Waals surface area contributed by atoms with E-state index in [4.69, 9.17) is 4.42 Å². The average Bonchev–Trinajstić information content (AvgIpc) is 2.94. The van der Waals surface area contributed by atoms with Gasteiger partial charge >= 0.3 is 24.2 Å². The predicted molar refractivity (Wildman–Crippen MR) is 73.4 cm³/mol. The Morgan fingerprint density at radius 1 is 1.25 bits per heavy atom. The Bertz CT molecular complexity index is 745. The second-order valence-corrected chi connectivity index (χ2v) is 4.30. The number of aromatic nitrogens is 2. The molecule has 0 aliphatic rings. The Hall–Kier alpha value is -3.11. The zero-order chi connectivity index (χ0) is 17.7. The van der Waals surface area contributed by atoms with E-state index in [2.05, 4.69) is 25.6 Å². The van der Waals surface area contributed by atoms with E-state index in [0.717, 1.165) is 12.1 Å². The van der Waals surface area contributed by atoms with Gasteiger partial charge in [-0.3, -0.25) is 14.9 Å². The third-order valence-corrected chi connectivity index (χ3v) is 2.51. The van der Waals surface area contributed by atoms with Crippen molar-refractivity contribution in [2.45, 2.75) is 13.3 Å². The van der Waals surface area contributed by atoms with E-state index in [9.17, 15) is 22.8 Å². The number of benzene rings is 1. The van der Waals surface area contributed by atoms with Crippen molar-refractivity contribution >= 4 is 17.8 Å². The van der Waals surface area contributed by atoms with Gasteiger partial charge in [-0.25, -0.2) is 0 Å². The van der Waals surface area contributed by atoms with Crippen molar-refractivity contribution in [2.75, 3.05) is 11.9 Å². The molecule has 11 heteroatoms. The molecule has 2 aromatic rings. The van der Waals surface area contributed by atoms with Gasteiger partial charge in [0.25, 0.3) is 5.91 Å². The molecule has 24 heavy (non-hydrogen) atoms. The Kier molecular flexibility index (Phi) is 5.02. The molecule has 2 N–H and O–H groups in total. The van der Waals surface area contributed by atoms with Crippen LogP contribution in [0.4, 0.5) is 19.2 Å². The van der Waals surface area contributed by atoms with Crippen LogP contribution in [0.15, 0.2) is 28.7 Å². The molecule has 1 aromatic heterocycles. The molecule has 0 atom stereocenters. The van der Waals surface area contributed by atoms with Gasteiger partial charge in [0.2, 0.25) is 0 Å². The molecule has 0 fully saturated rings. The van der Waals surface area contributed by atoms with Gasteiger partial charge in [0.15, 0.2) is 0 Å². The first-order valence-electron chi connectivity index (χ1n) is 6.57. The fourth-order valence-electron chi connectivity index (χ4n) is 1.61. The summed E-state index contributed by atoms with van der Waals surface area (Å²) in [5, 5.41) is 11.5. The van der Waals surface area contributed by atoms with E-state index in [1.165, 1.54) is 12.1 Å². The number of nitrogens with zero attached hydrogens (tertiary/aromatic N) is 2. The normalized spacial score (nSPS) is 11.0. The van der Waals surface area contributed by atoms with Crippen LogP contribution < -0.4 is 15.4 Å². The Morgan fingerprint density at radius 3 is 2.67 bits per heavy atom. The van der Waals surface area contributed by atoms with E-state index < -0.39 is 23.9 Å². The number of hydrogen-bond donors (Lipinski definition) is 2. The summed E-state index contributed by atoms with van der Waals surface area (Å²) in [5.41, 5.74) is -0.130. The molecule has 1 heterocycles. The van der Waals surface area contributed by atoms with Crippen LogP contribution in [0.1, 0.15) is 28.0 Å². The van der Waals surface area contributed by atoms with E-state index in [0.29, 0.717) is 6.54 Å². The van der Waals surface area contributed by atoms with Crippen molar-refractivity contribution in [1.82, 2.24) is 15.5 Å². The second kappa shape index (κ2) is 6.98. The number of halogens is 3. The lowest BCUT2D eigenvalue weighted by Crippen LogP contribution is -2.22. The summed E-state index contributed by atoms with van der Waals surface area (Å²) >= 11 is 0. The van der Waals surface area contributed by atoms with Crippen LogP contribution in [0.3, 0.4) is 0 Å². The maximum Gasteiger partial charge on any atom is 0.573 e. The molecule has 8 nitrogen and oxygen atoms in total. The van der Waals surface area contributed by atoms with Crippen LogP contribution >= 0.6 is 0 Å². The molecule has 128 valence electrons. The van der Waals surface area contributed by atoms with Crippen molar-refractivity contribution in [3.05, 3.63) is 35.7 Å². The van der Waals surface area contributed by atoms with Gasteiger partial charge in [-0.2, -0.15) is 0 Å². The lowest BCUT2D eigenvalue weighted by Gasteiger charge is -2.09. The van der Waals surface area contributed by atoms with Crippen LogP contribution in [0.5, 0.6) is 5.75 Å². The zero-order valence-corrected chi connectivity index (χ0v) is 12.2. The van der Waals surface area contributed by atoms with Gasteiger partial charge in [-0.15, -0.1) is 18.3 Å². The van der Waals surface area contributed by atoms with Gasteiger partial charge in [-0.1, -0.05) is 11.2 Å². The number of carbonyl (C=O) groups is 2. The maximum atomic E-state index is 12.2. The summed E-state index contributed by atoms with van der Waals surface area (Å²) in [7, 11) is 0. The summed E-state index contributed by atoms with van der Waals surface area (Å²) in [5.74, 6) is -2.34. The van der Waals surface area contributed by atoms with Crippen LogP contribution in [-0.2, 0) is 0 Å². The third-order valence-electron chi connectivity index (χ3n) is 2.51. The fraction of sp³-hybridized carbons (Fsp3) is 0.231. The molecule has 2 amide bonds. The monoisotopic (exact) mass is 344 g/mol. The summed E-state index contributed by atoms with van der Waals surface area (Å²) in [6.45, 7) is 2.03. The molecular weight excluding hydrogens is 333 g/mol. The minimum atomic E-state index is -4.87. The highest BCUT2D eigenvalue weighted by Crippen LogP contribution is 2.23. The van der Waals surface area contributed by atoms with Crippen LogP contribution in [0, 0.1) is 0 Å². The quantitative estimate of drug-likeness (QED) is 0.859. The number of ether oxygens (including phenoxy) is 1. The summed E-state index contributed by atoms with van der Waals surface area (Å²) in [6.07, 6.45) is -4.87. The predicted octanol–water partition coefficient (Wildman–Crippen LogP) is 1.97. The first-order valence-corrected chi connectivity index (χ1v) is 6.57. The lowest BCUT2D eigenvalue weighted by atomic mass is 10.2. The number of hydrogen-bond acceptors (Lipinski definition) is 6. The molecule has 0 saturated heterocycles. The van der Waals surface area contributed by atoms with Crippen molar-refractivity contribution in [2.24, 2.45) is 0 Å². The molecule has 1 aromatic carbocycles. The second-order valence-electron chi connectivity index (χ2n) is 4.30. The molecule has 2 rings (SSSR count). The van der Waals surface area contributed by atoms with Gasteiger partial charge < -0.3 is 14.5 Å². The smallest absolute Gasteiger partial charge is 0.406 e. The number of carbonyl (C=O) groups excluding carboxylic acids is 2. The highest BCUT2D eigenvalue weighted by atomic mass is 19.4. The Labute approximate surface area is 133 Å². The van der Waals surface area contributed by atoms with Crippen LogP contribution in [0.25, 0.3) is 0 Å². The number of nitrogens with one attached hydrogen (secondary N) is 2. The van der Waals surface area contributed by atoms with Gasteiger partial charge in [0.1, 0.15) is 5.75 Å². The van der Waals surface area contributed by atoms with Crippen LogP contribution in [0.2, 0.25) is 0 Å². The van der Waals surface area contributed by atoms with Crippen molar-refractivity contribution in [3.63, 3.8) is 0 Å². The molecule has 0 aliphatic carbocycles. The number of rotatable bonds is 5. The largest absolute Gasteiger partial charge is 0.573 e. The van der Waals surface area contributed by atoms with Gasteiger partial charge in [0, 0.05) is 12.1 Å². The fourth-order valence-corrected chi connectivity index (χ4v) is 1.61. The standard InChI is InChI=1S/C13H11F3N4O4/c1-2-17-10(22)11-19-20-12(23-11)18-9(21)7-4-3-5-8(6-7)24-13(14,15)16/h3-6H,2H2,1H3,(H,17,22)(H,18,20,21). The summed E-state index contributed by atoms with van der Waals surface area (Å²) in [6, 6.07) is 4.04. The minimum Gasteiger partial charge on any atom is -0.406 e. The summed E-state index contributed by atoms with van der Waals surface area (Å²) in [4.78, 5) is 23.4. The van der Waals surface area contributed by atoms with Crippen molar-refractivity contribution in [1.29, 1.82) is 0 Å². The van der Waals surface area contributed by atoms with E-state index in [1.54, 1.807) is 6.92 Å². The van der Waals surface area contributed by atoms with E-state index in [1.807, 2.05) is 0 Å². The Morgan fingerprint density at radius 2 is 2.00 bits per heavy atom. The van der Waals surface area contributed by atoms with E-state index in [-0.39, 0.29) is 17.5 Å². The number of anilines is 1. The molecule has 0 aliphatic heterocycles. The lowest BCUT2D eigenvalue weighted by molar-refractivity contribution is -0.274. The number of alkyl halides is 3. The number of amides is 2. The summed E-state index contributed by atoms with van der Waals surface area (Å²) < 4.78 is 45.1.